The number of nitrogens with zero attached hydrogens (tertiary/aromatic N) is 1. The quantitative estimate of drug-likeness (QED) is 0.140. The zero-order valence-corrected chi connectivity index (χ0v) is 20.7. The molecule has 0 bridgehead atoms. The third-order valence-electron chi connectivity index (χ3n) is 3.37. The smallest absolute Gasteiger partial charge is 0.308 e. The van der Waals surface area contributed by atoms with Crippen LogP contribution in [0.15, 0.2) is 0 Å². The van der Waals surface area contributed by atoms with Gasteiger partial charge in [-0.2, -0.15) is 0 Å². The lowest BCUT2D eigenvalue weighted by atomic mass is 9.99. The number of hydroxylamine groups is 2. The van der Waals surface area contributed by atoms with Gasteiger partial charge in [0.05, 0.1) is 19.4 Å². The van der Waals surface area contributed by atoms with Gasteiger partial charge in [0.2, 0.25) is 6.41 Å². The van der Waals surface area contributed by atoms with Gasteiger partial charge in [0, 0.05) is 28.9 Å². The van der Waals surface area contributed by atoms with Crippen LogP contribution < -0.4 is 0 Å². The number of hydrogen-bond donors (Lipinski definition) is 1. The molecule has 0 saturated heterocycles. The molecule has 0 aromatic carbocycles. The van der Waals surface area contributed by atoms with Crippen molar-refractivity contribution >= 4 is 47.8 Å². The molecule has 1 amide bonds. The molecule has 0 fully saturated rings. The lowest BCUT2D eigenvalue weighted by Gasteiger charge is -2.20. The Morgan fingerprint density at radius 1 is 0.966 bits per heavy atom. The predicted molar refractivity (Wildman–Crippen MR) is 117 cm³/mol. The fourth-order valence-electron chi connectivity index (χ4n) is 1.70. The van der Waals surface area contributed by atoms with E-state index < -0.39 is 18.4 Å². The van der Waals surface area contributed by atoms with Crippen molar-refractivity contribution in [1.29, 1.82) is 0 Å². The van der Waals surface area contributed by atoms with Gasteiger partial charge in [-0.3, -0.25) is 24.2 Å². The first-order valence-corrected chi connectivity index (χ1v) is 13.0. The van der Waals surface area contributed by atoms with Crippen molar-refractivity contribution in [2.75, 3.05) is 37.4 Å². The third-order valence-corrected chi connectivity index (χ3v) is 7.88. The molecule has 0 aliphatic rings. The molecule has 0 rings (SSSR count). The number of thioether (sulfide) groups is 2. The number of carbonyl (C=O) groups is 3. The van der Waals surface area contributed by atoms with E-state index in [-0.39, 0.29) is 49.0 Å². The molecule has 0 aliphatic carbocycles. The molecule has 0 aliphatic heterocycles. The Balaban J connectivity index is 4.60. The van der Waals surface area contributed by atoms with Crippen LogP contribution in [-0.4, -0.2) is 64.3 Å². The van der Waals surface area contributed by atoms with Crippen molar-refractivity contribution in [3.05, 3.63) is 0 Å². The first kappa shape index (κ1) is 28.6. The van der Waals surface area contributed by atoms with Crippen LogP contribution in [0, 0.1) is 10.8 Å². The molecule has 0 spiro atoms. The SMILES string of the molecule is CC(C)(C)C(=O)SCCOP(=O)(CCCN(O)C=O)OCCSC(=O)C(C)(C)C. The summed E-state index contributed by atoms with van der Waals surface area (Å²) < 4.78 is 23.9. The minimum Gasteiger partial charge on any atom is -0.308 e. The Hall–Kier alpha value is -0.380. The van der Waals surface area contributed by atoms with E-state index in [1.807, 2.05) is 41.5 Å². The highest BCUT2D eigenvalue weighted by molar-refractivity contribution is 8.14. The summed E-state index contributed by atoms with van der Waals surface area (Å²) in [5.41, 5.74) is -0.942. The van der Waals surface area contributed by atoms with Gasteiger partial charge in [0.1, 0.15) is 0 Å². The maximum Gasteiger partial charge on any atom is 0.330 e. The van der Waals surface area contributed by atoms with Crippen molar-refractivity contribution in [3.63, 3.8) is 0 Å². The Morgan fingerprint density at radius 3 is 1.72 bits per heavy atom. The molecule has 0 saturated carbocycles. The summed E-state index contributed by atoms with van der Waals surface area (Å²) >= 11 is 2.21. The van der Waals surface area contributed by atoms with Crippen LogP contribution in [0.2, 0.25) is 0 Å². The summed E-state index contributed by atoms with van der Waals surface area (Å²) in [7, 11) is -3.49. The highest BCUT2D eigenvalue weighted by Crippen LogP contribution is 2.49. The minimum atomic E-state index is -3.49. The van der Waals surface area contributed by atoms with E-state index in [1.54, 1.807) is 0 Å². The Morgan fingerprint density at radius 2 is 1.38 bits per heavy atom. The fraction of sp³-hybridized carbons (Fsp3) is 0.833. The van der Waals surface area contributed by atoms with Gasteiger partial charge >= 0.3 is 7.60 Å². The van der Waals surface area contributed by atoms with Crippen LogP contribution in [0.25, 0.3) is 0 Å². The van der Waals surface area contributed by atoms with Gasteiger partial charge in [0.15, 0.2) is 10.2 Å². The summed E-state index contributed by atoms with van der Waals surface area (Å²) in [5.74, 6) is 0.669. The topological polar surface area (TPSA) is 110 Å². The molecule has 0 unspecified atom stereocenters. The standard InChI is InChI=1S/C18H34NO7PS2/c1-17(2,3)15(21)28-12-9-25-27(24,11-7-8-19(23)14-20)26-10-13-29-16(22)18(4,5)6/h14,23H,7-13H2,1-6H3. The molecule has 0 atom stereocenters. The van der Waals surface area contributed by atoms with Gasteiger partial charge in [-0.1, -0.05) is 65.1 Å². The van der Waals surface area contributed by atoms with Crippen molar-refractivity contribution < 1.29 is 33.2 Å². The van der Waals surface area contributed by atoms with E-state index in [1.165, 1.54) is 0 Å². The third kappa shape index (κ3) is 13.5. The number of amides is 1. The van der Waals surface area contributed by atoms with E-state index in [2.05, 4.69) is 0 Å². The second-order valence-electron chi connectivity index (χ2n) is 8.39. The van der Waals surface area contributed by atoms with E-state index >= 15 is 0 Å². The first-order chi connectivity index (χ1) is 13.2. The molecule has 0 heterocycles. The van der Waals surface area contributed by atoms with Crippen LogP contribution in [-0.2, 0) is 28.0 Å². The van der Waals surface area contributed by atoms with E-state index in [0.717, 1.165) is 23.5 Å². The van der Waals surface area contributed by atoms with Crippen molar-refractivity contribution in [3.8, 4) is 0 Å². The van der Waals surface area contributed by atoms with Crippen molar-refractivity contribution in [2.45, 2.75) is 48.0 Å². The van der Waals surface area contributed by atoms with Crippen molar-refractivity contribution in [1.82, 2.24) is 5.06 Å². The predicted octanol–water partition coefficient (Wildman–Crippen LogP) is 4.06. The molecule has 0 aromatic rings. The molecule has 8 nitrogen and oxygen atoms in total. The minimum absolute atomic E-state index is 0.00523. The highest BCUT2D eigenvalue weighted by atomic mass is 32.2. The molecular formula is C18H34NO7PS2. The fourth-order valence-corrected chi connectivity index (χ4v) is 5.12. The van der Waals surface area contributed by atoms with E-state index in [4.69, 9.17) is 14.3 Å². The Bertz CT molecular complexity index is 550. The summed E-state index contributed by atoms with van der Waals surface area (Å²) in [6.07, 6.45) is 0.485. The molecule has 170 valence electrons. The zero-order chi connectivity index (χ0) is 22.7. The number of rotatable bonds is 13. The summed E-state index contributed by atoms with van der Waals surface area (Å²) in [6, 6.07) is 0. The normalized spacial score (nSPS) is 12.7. The van der Waals surface area contributed by atoms with Crippen LogP contribution >= 0.6 is 31.1 Å². The molecule has 29 heavy (non-hydrogen) atoms. The number of hydrogen-bond acceptors (Lipinski definition) is 9. The van der Waals surface area contributed by atoms with Gasteiger partial charge in [-0.15, -0.1) is 0 Å². The lowest BCUT2D eigenvalue weighted by molar-refractivity contribution is -0.149. The molecule has 0 radical (unpaired) electrons. The Kier molecular flexibility index (Phi) is 13.0. The van der Waals surface area contributed by atoms with E-state index in [9.17, 15) is 18.9 Å². The average molecular weight is 472 g/mol. The molecule has 1 N–H and O–H groups in total. The molecule has 11 heteroatoms. The van der Waals surface area contributed by atoms with Crippen molar-refractivity contribution in [2.24, 2.45) is 10.8 Å². The van der Waals surface area contributed by atoms with Gasteiger partial charge in [0.25, 0.3) is 0 Å². The lowest BCUT2D eigenvalue weighted by Crippen LogP contribution is -2.20. The summed E-state index contributed by atoms with van der Waals surface area (Å²) in [5, 5.41) is 9.65. The summed E-state index contributed by atoms with van der Waals surface area (Å²) in [4.78, 5) is 34.3. The summed E-state index contributed by atoms with van der Waals surface area (Å²) in [6.45, 7) is 11.0. The monoisotopic (exact) mass is 471 g/mol. The zero-order valence-electron chi connectivity index (χ0n) is 18.1. The highest BCUT2D eigenvalue weighted by Gasteiger charge is 2.27. The largest absolute Gasteiger partial charge is 0.330 e. The Labute approximate surface area is 182 Å². The van der Waals surface area contributed by atoms with Crippen LogP contribution in [0.3, 0.4) is 0 Å². The first-order valence-electron chi connectivity index (χ1n) is 9.35. The van der Waals surface area contributed by atoms with Gasteiger partial charge < -0.3 is 9.05 Å². The second kappa shape index (κ2) is 13.1. The van der Waals surface area contributed by atoms with Gasteiger partial charge in [-0.25, -0.2) is 5.06 Å². The van der Waals surface area contributed by atoms with E-state index in [0.29, 0.717) is 16.6 Å². The average Bonchev–Trinajstić information content (AvgIpc) is 2.60. The maximum absolute atomic E-state index is 12.9. The molecular weight excluding hydrogens is 437 g/mol. The number of carbonyl (C=O) groups excluding carboxylic acids is 3. The van der Waals surface area contributed by atoms with Crippen LogP contribution in [0.1, 0.15) is 48.0 Å². The van der Waals surface area contributed by atoms with Crippen LogP contribution in [0.4, 0.5) is 0 Å². The van der Waals surface area contributed by atoms with Crippen LogP contribution in [0.5, 0.6) is 0 Å². The molecule has 0 aromatic heterocycles. The van der Waals surface area contributed by atoms with Gasteiger partial charge in [-0.05, 0) is 6.42 Å². The second-order valence-corrected chi connectivity index (χ2v) is 12.7. The maximum atomic E-state index is 12.9.